The number of nitrogens with zero attached hydrogens (tertiary/aromatic N) is 2. The Labute approximate surface area is 180 Å². The van der Waals surface area contributed by atoms with Crippen LogP contribution in [0.15, 0.2) is 36.4 Å². The van der Waals surface area contributed by atoms with Crippen molar-refractivity contribution in [1.29, 1.82) is 0 Å². The summed E-state index contributed by atoms with van der Waals surface area (Å²) in [6.45, 7) is 4.73. The number of benzene rings is 2. The van der Waals surface area contributed by atoms with Gasteiger partial charge in [-0.3, -0.25) is 9.69 Å². The molecule has 2 aromatic rings. The van der Waals surface area contributed by atoms with E-state index in [9.17, 15) is 14.4 Å². The molecule has 0 radical (unpaired) electrons. The number of hydrogen-bond donors (Lipinski definition) is 0. The van der Waals surface area contributed by atoms with Gasteiger partial charge in [0.1, 0.15) is 13.2 Å². The van der Waals surface area contributed by atoms with Gasteiger partial charge in [-0.05, 0) is 29.7 Å². The van der Waals surface area contributed by atoms with Crippen molar-refractivity contribution in [2.24, 2.45) is 0 Å². The van der Waals surface area contributed by atoms with Crippen molar-refractivity contribution in [3.63, 3.8) is 0 Å². The maximum absolute atomic E-state index is 12.7. The minimum atomic E-state index is -0.286. The minimum Gasteiger partial charge on any atom is -0.457 e. The summed E-state index contributed by atoms with van der Waals surface area (Å²) < 4.78 is 10.1. The summed E-state index contributed by atoms with van der Waals surface area (Å²) >= 11 is 0. The highest BCUT2D eigenvalue weighted by molar-refractivity contribution is 5.94. The summed E-state index contributed by atoms with van der Waals surface area (Å²) in [4.78, 5) is 40.1. The summed E-state index contributed by atoms with van der Waals surface area (Å²) in [5.41, 5.74) is 5.24. The number of fused-ring (bicyclic) bond motifs is 2. The molecule has 31 heavy (non-hydrogen) atoms. The lowest BCUT2D eigenvalue weighted by Crippen LogP contribution is -2.49. The predicted molar refractivity (Wildman–Crippen MR) is 112 cm³/mol. The van der Waals surface area contributed by atoms with Crippen molar-refractivity contribution in [2.75, 3.05) is 32.7 Å². The van der Waals surface area contributed by atoms with E-state index in [0.717, 1.165) is 55.8 Å². The molecule has 0 bridgehead atoms. The standard InChI is InChI=1S/C24H24N2O5/c27-22(13-17-2-4-21-19(12-17)15-31-24(21)29)26-9-7-25(8-10-26)6-5-16-1-3-20-18(11-16)14-30-23(20)28/h1-4,11-12H,5-10,13-15H2. The van der Waals surface area contributed by atoms with E-state index in [1.54, 1.807) is 6.07 Å². The third-order valence-corrected chi connectivity index (χ3v) is 6.29. The quantitative estimate of drug-likeness (QED) is 0.689. The van der Waals surface area contributed by atoms with E-state index in [4.69, 9.17) is 9.47 Å². The Balaban J connectivity index is 1.10. The maximum atomic E-state index is 12.7. The Bertz CT molecular complexity index is 1060. The number of hydrogen-bond acceptors (Lipinski definition) is 6. The lowest BCUT2D eigenvalue weighted by atomic mass is 10.0. The molecule has 1 fully saturated rings. The molecular weight excluding hydrogens is 396 g/mol. The second kappa shape index (κ2) is 8.15. The Hall–Kier alpha value is -3.19. The predicted octanol–water partition coefficient (Wildman–Crippen LogP) is 1.96. The molecule has 160 valence electrons. The smallest absolute Gasteiger partial charge is 0.338 e. The van der Waals surface area contributed by atoms with E-state index >= 15 is 0 Å². The summed E-state index contributed by atoms with van der Waals surface area (Å²) in [6.07, 6.45) is 1.25. The van der Waals surface area contributed by atoms with E-state index in [-0.39, 0.29) is 17.8 Å². The second-order valence-electron chi connectivity index (χ2n) is 8.28. The molecule has 0 unspecified atom stereocenters. The van der Waals surface area contributed by atoms with Crippen molar-refractivity contribution in [1.82, 2.24) is 9.80 Å². The zero-order valence-electron chi connectivity index (χ0n) is 17.3. The Kier molecular flexibility index (Phi) is 5.19. The van der Waals surface area contributed by atoms with Gasteiger partial charge in [-0.2, -0.15) is 0 Å². The number of ether oxygens (including phenoxy) is 2. The normalized spacial score (nSPS) is 17.9. The van der Waals surface area contributed by atoms with Gasteiger partial charge in [0, 0.05) is 43.9 Å². The Morgan fingerprint density at radius 3 is 2.03 bits per heavy atom. The van der Waals surface area contributed by atoms with Gasteiger partial charge < -0.3 is 14.4 Å². The highest BCUT2D eigenvalue weighted by Gasteiger charge is 2.24. The van der Waals surface area contributed by atoms with Crippen LogP contribution in [0.25, 0.3) is 0 Å². The number of amides is 1. The topological polar surface area (TPSA) is 76.2 Å². The van der Waals surface area contributed by atoms with E-state index in [1.165, 1.54) is 5.56 Å². The van der Waals surface area contributed by atoms with Gasteiger partial charge in [0.2, 0.25) is 5.91 Å². The molecule has 7 heteroatoms. The first-order valence-electron chi connectivity index (χ1n) is 10.6. The SMILES string of the molecule is O=C1OCc2cc(CCN3CCN(C(=O)Cc4ccc5c(c4)COC5=O)CC3)ccc21. The van der Waals surface area contributed by atoms with Crippen molar-refractivity contribution in [3.8, 4) is 0 Å². The van der Waals surface area contributed by atoms with Crippen molar-refractivity contribution >= 4 is 17.8 Å². The minimum absolute atomic E-state index is 0.119. The molecular formula is C24H24N2O5. The van der Waals surface area contributed by atoms with E-state index in [0.29, 0.717) is 30.8 Å². The van der Waals surface area contributed by atoms with E-state index in [1.807, 2.05) is 29.2 Å². The van der Waals surface area contributed by atoms with Gasteiger partial charge in [-0.1, -0.05) is 24.3 Å². The van der Waals surface area contributed by atoms with Crippen LogP contribution in [0, 0.1) is 0 Å². The van der Waals surface area contributed by atoms with Gasteiger partial charge >= 0.3 is 11.9 Å². The second-order valence-corrected chi connectivity index (χ2v) is 8.28. The van der Waals surface area contributed by atoms with Crippen LogP contribution >= 0.6 is 0 Å². The highest BCUT2D eigenvalue weighted by Crippen LogP contribution is 2.23. The van der Waals surface area contributed by atoms with Gasteiger partial charge in [0.15, 0.2) is 0 Å². The number of carbonyl (C=O) groups is 3. The van der Waals surface area contributed by atoms with Crippen molar-refractivity contribution < 1.29 is 23.9 Å². The fourth-order valence-corrected chi connectivity index (χ4v) is 4.43. The van der Waals surface area contributed by atoms with E-state index in [2.05, 4.69) is 11.0 Å². The molecule has 3 aliphatic heterocycles. The summed E-state index contributed by atoms with van der Waals surface area (Å²) in [6, 6.07) is 11.4. The third kappa shape index (κ3) is 4.05. The average Bonchev–Trinajstić information content (AvgIpc) is 3.34. The Morgan fingerprint density at radius 1 is 0.806 bits per heavy atom. The Morgan fingerprint density at radius 2 is 1.39 bits per heavy atom. The zero-order chi connectivity index (χ0) is 21.4. The number of piperazine rings is 1. The number of esters is 2. The molecule has 2 aromatic carbocycles. The fraction of sp³-hybridized carbons (Fsp3) is 0.375. The van der Waals surface area contributed by atoms with Crippen LogP contribution in [0.3, 0.4) is 0 Å². The first-order chi connectivity index (χ1) is 15.1. The molecule has 0 N–H and O–H groups in total. The maximum Gasteiger partial charge on any atom is 0.338 e. The summed E-state index contributed by atoms with van der Waals surface area (Å²) in [5.74, 6) is -0.400. The van der Waals surface area contributed by atoms with Crippen LogP contribution in [0.2, 0.25) is 0 Å². The van der Waals surface area contributed by atoms with Crippen molar-refractivity contribution in [3.05, 3.63) is 69.8 Å². The zero-order valence-corrected chi connectivity index (χ0v) is 17.3. The first kappa shape index (κ1) is 19.8. The molecule has 3 heterocycles. The molecule has 0 aliphatic carbocycles. The van der Waals surface area contributed by atoms with Crippen LogP contribution in [-0.4, -0.2) is 60.4 Å². The fourth-order valence-electron chi connectivity index (χ4n) is 4.43. The summed E-state index contributed by atoms with van der Waals surface area (Å²) in [7, 11) is 0. The van der Waals surface area contributed by atoms with Gasteiger partial charge in [0.05, 0.1) is 17.5 Å². The molecule has 0 spiro atoms. The van der Waals surface area contributed by atoms with Gasteiger partial charge in [-0.25, -0.2) is 9.59 Å². The van der Waals surface area contributed by atoms with Crippen LogP contribution in [0.4, 0.5) is 0 Å². The molecule has 1 amide bonds. The van der Waals surface area contributed by atoms with Gasteiger partial charge in [0.25, 0.3) is 0 Å². The molecule has 0 atom stereocenters. The lowest BCUT2D eigenvalue weighted by molar-refractivity contribution is -0.132. The molecule has 1 saturated heterocycles. The molecule has 3 aliphatic rings. The molecule has 0 aromatic heterocycles. The largest absolute Gasteiger partial charge is 0.457 e. The van der Waals surface area contributed by atoms with Gasteiger partial charge in [-0.15, -0.1) is 0 Å². The monoisotopic (exact) mass is 420 g/mol. The first-order valence-corrected chi connectivity index (χ1v) is 10.6. The van der Waals surface area contributed by atoms with Crippen LogP contribution in [0.1, 0.15) is 43.0 Å². The number of cyclic esters (lactones) is 2. The molecule has 0 saturated carbocycles. The van der Waals surface area contributed by atoms with Crippen LogP contribution in [0.5, 0.6) is 0 Å². The highest BCUT2D eigenvalue weighted by atomic mass is 16.5. The van der Waals surface area contributed by atoms with Crippen molar-refractivity contribution in [2.45, 2.75) is 26.1 Å². The molecule has 7 nitrogen and oxygen atoms in total. The third-order valence-electron chi connectivity index (χ3n) is 6.29. The lowest BCUT2D eigenvalue weighted by Gasteiger charge is -2.35. The summed E-state index contributed by atoms with van der Waals surface area (Å²) in [5, 5.41) is 0. The van der Waals surface area contributed by atoms with E-state index < -0.39 is 0 Å². The average molecular weight is 420 g/mol. The number of carbonyl (C=O) groups excluding carboxylic acids is 3. The van der Waals surface area contributed by atoms with Crippen LogP contribution < -0.4 is 0 Å². The van der Waals surface area contributed by atoms with Crippen LogP contribution in [-0.2, 0) is 40.3 Å². The molecule has 5 rings (SSSR count). The number of rotatable bonds is 5.